The number of aromatic nitrogens is 4. The van der Waals surface area contributed by atoms with Gasteiger partial charge in [0, 0.05) is 56.2 Å². The molecular weight excluding hydrogens is 506 g/mol. The Labute approximate surface area is 234 Å². The van der Waals surface area contributed by atoms with Crippen molar-refractivity contribution in [3.63, 3.8) is 0 Å². The molecule has 0 spiro atoms. The summed E-state index contributed by atoms with van der Waals surface area (Å²) < 4.78 is 6.30. The Bertz CT molecular complexity index is 1440. The summed E-state index contributed by atoms with van der Waals surface area (Å²) in [5, 5.41) is 12.8. The number of carbonyl (C=O) groups excluding carboxylic acids is 1. The maximum atomic E-state index is 11.7. The third-order valence-electron chi connectivity index (χ3n) is 8.28. The van der Waals surface area contributed by atoms with Crippen molar-refractivity contribution >= 4 is 22.6 Å². The molecule has 210 valence electrons. The molecule has 40 heavy (non-hydrogen) atoms. The fourth-order valence-electron chi connectivity index (χ4n) is 5.89. The zero-order valence-electron chi connectivity index (χ0n) is 23.1. The van der Waals surface area contributed by atoms with E-state index in [9.17, 15) is 4.79 Å². The number of fused-ring (bicyclic) bond motifs is 2. The maximum absolute atomic E-state index is 11.7. The molecule has 6 rings (SSSR count). The van der Waals surface area contributed by atoms with E-state index in [1.165, 1.54) is 0 Å². The summed E-state index contributed by atoms with van der Waals surface area (Å²) in [5.41, 5.74) is 5.30. The number of likely N-dealkylation sites (tertiary alicyclic amines) is 1. The minimum Gasteiger partial charge on any atom is -0.490 e. The topological polar surface area (TPSA) is 120 Å². The summed E-state index contributed by atoms with van der Waals surface area (Å²) >= 11 is 0. The Morgan fingerprint density at radius 3 is 2.80 bits per heavy atom. The number of carbonyl (C=O) groups is 1. The van der Waals surface area contributed by atoms with Crippen molar-refractivity contribution in [3.05, 3.63) is 54.1 Å². The van der Waals surface area contributed by atoms with Crippen molar-refractivity contribution in [2.24, 2.45) is 5.92 Å². The molecule has 1 amide bonds. The van der Waals surface area contributed by atoms with E-state index in [-0.39, 0.29) is 12.0 Å². The number of rotatable bonds is 5. The average Bonchev–Trinajstić information content (AvgIpc) is 3.41. The molecule has 2 unspecified atom stereocenters. The third-order valence-corrected chi connectivity index (χ3v) is 8.28. The molecular formula is C30H37N7O3. The zero-order chi connectivity index (χ0) is 27.6. The molecule has 2 atom stereocenters. The quantitative estimate of drug-likeness (QED) is 0.449. The molecule has 1 aliphatic carbocycles. The summed E-state index contributed by atoms with van der Waals surface area (Å²) in [6.07, 6.45) is 11.0. The molecule has 2 fully saturated rings. The molecule has 10 nitrogen and oxygen atoms in total. The zero-order valence-corrected chi connectivity index (χ0v) is 23.1. The summed E-state index contributed by atoms with van der Waals surface area (Å²) in [6, 6.07) is 6.44. The van der Waals surface area contributed by atoms with Crippen molar-refractivity contribution in [1.82, 2.24) is 35.1 Å². The molecule has 4 heterocycles. The van der Waals surface area contributed by atoms with Gasteiger partial charge in [-0.25, -0.2) is 15.0 Å². The smallest absolute Gasteiger partial charge is 0.248 e. The number of nitrogens with one attached hydrogen (secondary N) is 2. The Kier molecular flexibility index (Phi) is 7.64. The van der Waals surface area contributed by atoms with Crippen LogP contribution in [0, 0.1) is 12.8 Å². The molecule has 3 N–H and O–H groups in total. The Morgan fingerprint density at radius 2 is 2.00 bits per heavy atom. The van der Waals surface area contributed by atoms with Crippen LogP contribution in [0.2, 0.25) is 0 Å². The van der Waals surface area contributed by atoms with Crippen LogP contribution >= 0.6 is 0 Å². The van der Waals surface area contributed by atoms with Crippen LogP contribution in [0.5, 0.6) is 5.75 Å². The highest BCUT2D eigenvalue weighted by atomic mass is 16.5. The second-order valence-corrected chi connectivity index (χ2v) is 11.1. The van der Waals surface area contributed by atoms with Crippen LogP contribution in [0.1, 0.15) is 30.7 Å². The van der Waals surface area contributed by atoms with E-state index in [0.29, 0.717) is 30.7 Å². The molecule has 0 saturated carbocycles. The summed E-state index contributed by atoms with van der Waals surface area (Å²) in [7, 11) is 2.18. The normalized spacial score (nSPS) is 22.5. The lowest BCUT2D eigenvalue weighted by molar-refractivity contribution is -0.135. The first-order chi connectivity index (χ1) is 19.5. The number of aliphatic hydroxyl groups excluding tert-OH is 1. The number of hydrogen-bond donors (Lipinski definition) is 3. The number of ether oxygens (including phenoxy) is 1. The SMILES string of the molecule is Cc1cc(-c2ncnc3[nH]c(C4=CC5CCN(C)CCNC5C=C4)nc23)ccc1OC1CCN(C(=O)CO)CC1. The first-order valence-corrected chi connectivity index (χ1v) is 14.2. The van der Waals surface area contributed by atoms with Gasteiger partial charge in [0.25, 0.3) is 0 Å². The molecule has 2 aliphatic heterocycles. The van der Waals surface area contributed by atoms with Crippen LogP contribution in [-0.4, -0.2) is 99.3 Å². The number of aromatic amines is 1. The number of allylic oxidation sites excluding steroid dienone is 2. The Morgan fingerprint density at radius 1 is 1.15 bits per heavy atom. The van der Waals surface area contributed by atoms with Gasteiger partial charge in [0.1, 0.15) is 41.8 Å². The first kappa shape index (κ1) is 26.6. The van der Waals surface area contributed by atoms with Gasteiger partial charge in [0.05, 0.1) is 0 Å². The number of piperidine rings is 1. The maximum Gasteiger partial charge on any atom is 0.248 e. The van der Waals surface area contributed by atoms with E-state index < -0.39 is 6.61 Å². The van der Waals surface area contributed by atoms with Gasteiger partial charge in [-0.1, -0.05) is 18.2 Å². The Balaban J connectivity index is 1.20. The standard InChI is InChI=1S/C30H37N7O3/c1-19-15-21(4-6-25(19)40-23-8-12-37(13-9-23)26(39)17-38)27-28-30(33-18-32-27)35-29(34-28)22-3-5-24-20(16-22)7-11-36(2)14-10-31-24/h3-6,15-16,18,20,23-24,31,38H,7-14,17H2,1-2H3,(H,32,33,34,35). The predicted molar refractivity (Wildman–Crippen MR) is 154 cm³/mol. The number of nitrogens with zero attached hydrogens (tertiary/aromatic N) is 5. The monoisotopic (exact) mass is 543 g/mol. The molecule has 3 aliphatic rings. The second-order valence-electron chi connectivity index (χ2n) is 11.1. The summed E-state index contributed by atoms with van der Waals surface area (Å²) in [6.45, 7) is 5.93. The van der Waals surface area contributed by atoms with Crippen LogP contribution in [-0.2, 0) is 4.79 Å². The first-order valence-electron chi connectivity index (χ1n) is 14.2. The van der Waals surface area contributed by atoms with E-state index in [4.69, 9.17) is 14.8 Å². The van der Waals surface area contributed by atoms with Crippen molar-refractivity contribution in [1.29, 1.82) is 0 Å². The number of likely N-dealkylation sites (N-methyl/N-ethyl adjacent to an activating group) is 1. The van der Waals surface area contributed by atoms with Crippen molar-refractivity contribution < 1.29 is 14.6 Å². The molecule has 0 radical (unpaired) electrons. The lowest BCUT2D eigenvalue weighted by Crippen LogP contribution is -2.43. The van der Waals surface area contributed by atoms with E-state index in [0.717, 1.165) is 78.4 Å². The number of amides is 1. The highest BCUT2D eigenvalue weighted by molar-refractivity contribution is 5.89. The minimum atomic E-state index is -0.440. The number of aryl methyl sites for hydroxylation is 1. The van der Waals surface area contributed by atoms with Crippen LogP contribution in [0.4, 0.5) is 0 Å². The van der Waals surface area contributed by atoms with E-state index in [1.807, 2.05) is 19.1 Å². The number of hydrogen-bond acceptors (Lipinski definition) is 8. The molecule has 2 aromatic heterocycles. The summed E-state index contributed by atoms with van der Waals surface area (Å²) in [4.78, 5) is 33.3. The fraction of sp³-hybridized carbons (Fsp3) is 0.467. The largest absolute Gasteiger partial charge is 0.490 e. The number of imidazole rings is 1. The minimum absolute atomic E-state index is 0.0387. The van der Waals surface area contributed by atoms with E-state index in [2.05, 4.69) is 56.5 Å². The Hall–Kier alpha value is -3.60. The predicted octanol–water partition coefficient (Wildman–Crippen LogP) is 2.55. The average molecular weight is 544 g/mol. The fourth-order valence-corrected chi connectivity index (χ4v) is 5.89. The van der Waals surface area contributed by atoms with Gasteiger partial charge in [0.2, 0.25) is 5.91 Å². The van der Waals surface area contributed by atoms with Crippen LogP contribution in [0.3, 0.4) is 0 Å². The number of aliphatic hydroxyl groups is 1. The van der Waals surface area contributed by atoms with Crippen molar-refractivity contribution in [3.8, 4) is 17.0 Å². The molecule has 10 heteroatoms. The molecule has 1 aromatic carbocycles. The lowest BCUT2D eigenvalue weighted by Gasteiger charge is -2.32. The van der Waals surface area contributed by atoms with Crippen molar-refractivity contribution in [2.75, 3.05) is 46.4 Å². The van der Waals surface area contributed by atoms with E-state index >= 15 is 0 Å². The van der Waals surface area contributed by atoms with Gasteiger partial charge in [0.15, 0.2) is 5.65 Å². The van der Waals surface area contributed by atoms with Gasteiger partial charge in [-0.15, -0.1) is 0 Å². The van der Waals surface area contributed by atoms with Gasteiger partial charge in [-0.3, -0.25) is 4.79 Å². The van der Waals surface area contributed by atoms with Gasteiger partial charge in [-0.2, -0.15) is 0 Å². The number of H-pyrrole nitrogens is 1. The summed E-state index contributed by atoms with van der Waals surface area (Å²) in [5.74, 6) is 1.83. The molecule has 3 aromatic rings. The molecule has 0 bridgehead atoms. The van der Waals surface area contributed by atoms with Crippen LogP contribution < -0.4 is 10.1 Å². The van der Waals surface area contributed by atoms with Gasteiger partial charge in [-0.05, 0) is 56.6 Å². The third kappa shape index (κ3) is 5.52. The number of benzene rings is 1. The van der Waals surface area contributed by atoms with Crippen LogP contribution in [0.25, 0.3) is 28.0 Å². The van der Waals surface area contributed by atoms with Gasteiger partial charge < -0.3 is 29.9 Å². The highest BCUT2D eigenvalue weighted by Crippen LogP contribution is 2.32. The van der Waals surface area contributed by atoms with Crippen LogP contribution in [0.15, 0.2) is 42.8 Å². The molecule has 2 saturated heterocycles. The van der Waals surface area contributed by atoms with Crippen molar-refractivity contribution in [2.45, 2.75) is 38.3 Å². The second kappa shape index (κ2) is 11.5. The lowest BCUT2D eigenvalue weighted by atomic mass is 9.88. The van der Waals surface area contributed by atoms with Gasteiger partial charge >= 0.3 is 0 Å². The van der Waals surface area contributed by atoms with E-state index in [1.54, 1.807) is 11.2 Å². The highest BCUT2D eigenvalue weighted by Gasteiger charge is 2.26.